The minimum Gasteiger partial charge on any atom is -0.465 e. The number of nitrogens with zero attached hydrogens (tertiary/aromatic N) is 1. The van der Waals surface area contributed by atoms with Crippen LogP contribution in [0.2, 0.25) is 0 Å². The molecule has 1 atom stereocenters. The lowest BCUT2D eigenvalue weighted by atomic mass is 9.86. The molecular formula is C16H15NO. The third kappa shape index (κ3) is 1.61. The van der Waals surface area contributed by atoms with Gasteiger partial charge in [0, 0.05) is 12.5 Å². The fourth-order valence-corrected chi connectivity index (χ4v) is 2.49. The van der Waals surface area contributed by atoms with E-state index in [4.69, 9.17) is 4.74 Å². The molecule has 0 aliphatic carbocycles. The van der Waals surface area contributed by atoms with Gasteiger partial charge in [-0.1, -0.05) is 48.5 Å². The minimum absolute atomic E-state index is 0.455. The highest BCUT2D eigenvalue weighted by atomic mass is 16.5. The van der Waals surface area contributed by atoms with Crippen LogP contribution in [0.5, 0.6) is 0 Å². The van der Waals surface area contributed by atoms with E-state index in [2.05, 4.69) is 30.1 Å². The minimum atomic E-state index is -0.455. The van der Waals surface area contributed by atoms with Crippen molar-refractivity contribution in [3.05, 3.63) is 65.7 Å². The summed E-state index contributed by atoms with van der Waals surface area (Å²) < 4.78 is 6.04. The number of aliphatic imine (C=N–C) groups is 1. The zero-order valence-electron chi connectivity index (χ0n) is 10.6. The predicted molar refractivity (Wildman–Crippen MR) is 73.2 cm³/mol. The molecule has 90 valence electrons. The van der Waals surface area contributed by atoms with Gasteiger partial charge in [-0.15, -0.1) is 0 Å². The van der Waals surface area contributed by atoms with Crippen molar-refractivity contribution in [2.24, 2.45) is 4.99 Å². The number of rotatable bonds is 1. The molecule has 0 spiro atoms. The number of ether oxygens (including phenoxy) is 1. The molecule has 0 bridgehead atoms. The molecular weight excluding hydrogens is 222 g/mol. The predicted octanol–water partition coefficient (Wildman–Crippen LogP) is 4.03. The van der Waals surface area contributed by atoms with Crippen molar-refractivity contribution < 1.29 is 4.74 Å². The Bertz CT molecular complexity index is 604. The first-order valence-electron chi connectivity index (χ1n) is 6.09. The van der Waals surface area contributed by atoms with Gasteiger partial charge < -0.3 is 4.74 Å². The fraction of sp³-hybridized carbons (Fsp3) is 0.188. The smallest absolute Gasteiger partial charge is 0.186 e. The highest BCUT2D eigenvalue weighted by molar-refractivity contribution is 5.81. The van der Waals surface area contributed by atoms with E-state index >= 15 is 0 Å². The van der Waals surface area contributed by atoms with Gasteiger partial charge in [-0.05, 0) is 18.6 Å². The van der Waals surface area contributed by atoms with E-state index < -0.39 is 5.60 Å². The molecule has 0 amide bonds. The van der Waals surface area contributed by atoms with Crippen molar-refractivity contribution in [1.82, 2.24) is 0 Å². The lowest BCUT2D eigenvalue weighted by molar-refractivity contribution is 0.112. The van der Waals surface area contributed by atoms with Gasteiger partial charge in [-0.3, -0.25) is 0 Å². The Morgan fingerprint density at radius 2 is 1.61 bits per heavy atom. The summed E-state index contributed by atoms with van der Waals surface area (Å²) in [6, 6.07) is 18.4. The zero-order valence-corrected chi connectivity index (χ0v) is 10.6. The summed E-state index contributed by atoms with van der Waals surface area (Å²) in [6.45, 7) is 4.00. The SMILES string of the molecule is CC1=Nc2ccccc2C(C)(c2ccccc2)O1. The monoisotopic (exact) mass is 237 g/mol. The molecule has 0 fully saturated rings. The Hall–Kier alpha value is -2.09. The second kappa shape index (κ2) is 3.98. The Kier molecular flexibility index (Phi) is 2.44. The number of hydrogen-bond donors (Lipinski definition) is 0. The van der Waals surface area contributed by atoms with Gasteiger partial charge in [-0.2, -0.15) is 0 Å². The normalized spacial score (nSPS) is 21.8. The van der Waals surface area contributed by atoms with Crippen LogP contribution in [0.1, 0.15) is 25.0 Å². The summed E-state index contributed by atoms with van der Waals surface area (Å²) in [5, 5.41) is 0. The molecule has 2 aromatic carbocycles. The number of benzene rings is 2. The molecule has 2 aromatic rings. The molecule has 2 nitrogen and oxygen atoms in total. The van der Waals surface area contributed by atoms with Gasteiger partial charge in [0.25, 0.3) is 0 Å². The van der Waals surface area contributed by atoms with Gasteiger partial charge in [0.05, 0.1) is 5.69 Å². The maximum Gasteiger partial charge on any atom is 0.186 e. The average molecular weight is 237 g/mol. The van der Waals surface area contributed by atoms with Crippen molar-refractivity contribution in [2.75, 3.05) is 0 Å². The van der Waals surface area contributed by atoms with Gasteiger partial charge in [-0.25, -0.2) is 4.99 Å². The topological polar surface area (TPSA) is 21.6 Å². The van der Waals surface area contributed by atoms with Gasteiger partial charge >= 0.3 is 0 Å². The van der Waals surface area contributed by atoms with Crippen LogP contribution in [-0.4, -0.2) is 5.90 Å². The molecule has 1 aliphatic heterocycles. The van der Waals surface area contributed by atoms with Crippen LogP contribution in [0.3, 0.4) is 0 Å². The average Bonchev–Trinajstić information content (AvgIpc) is 2.39. The second-order valence-electron chi connectivity index (χ2n) is 4.65. The molecule has 0 aromatic heterocycles. The Morgan fingerprint density at radius 1 is 0.944 bits per heavy atom. The first kappa shape index (κ1) is 11.0. The number of para-hydroxylation sites is 1. The summed E-state index contributed by atoms with van der Waals surface area (Å²) in [5.41, 5.74) is 2.80. The third-order valence-electron chi connectivity index (χ3n) is 3.37. The number of fused-ring (bicyclic) bond motifs is 1. The van der Waals surface area contributed by atoms with Crippen LogP contribution in [0.25, 0.3) is 0 Å². The van der Waals surface area contributed by atoms with E-state index in [1.165, 1.54) is 0 Å². The second-order valence-corrected chi connectivity index (χ2v) is 4.65. The van der Waals surface area contributed by atoms with E-state index in [0.717, 1.165) is 16.8 Å². The summed E-state index contributed by atoms with van der Waals surface area (Å²) >= 11 is 0. The van der Waals surface area contributed by atoms with E-state index in [1.807, 2.05) is 43.3 Å². The Labute approximate surface area is 107 Å². The van der Waals surface area contributed by atoms with Crippen molar-refractivity contribution >= 4 is 11.6 Å². The fourth-order valence-electron chi connectivity index (χ4n) is 2.49. The van der Waals surface area contributed by atoms with Crippen molar-refractivity contribution in [1.29, 1.82) is 0 Å². The van der Waals surface area contributed by atoms with E-state index in [1.54, 1.807) is 0 Å². The highest BCUT2D eigenvalue weighted by Gasteiger charge is 2.36. The molecule has 0 radical (unpaired) electrons. The molecule has 1 aliphatic rings. The number of hydrogen-bond acceptors (Lipinski definition) is 2. The highest BCUT2D eigenvalue weighted by Crippen LogP contribution is 2.41. The van der Waals surface area contributed by atoms with Gasteiger partial charge in [0.15, 0.2) is 11.5 Å². The summed E-state index contributed by atoms with van der Waals surface area (Å²) in [7, 11) is 0. The van der Waals surface area contributed by atoms with E-state index in [-0.39, 0.29) is 0 Å². The van der Waals surface area contributed by atoms with E-state index in [9.17, 15) is 0 Å². The van der Waals surface area contributed by atoms with Crippen LogP contribution in [0.4, 0.5) is 5.69 Å². The standard InChI is InChI=1S/C16H15NO/c1-12-17-15-11-7-6-10-14(15)16(2,18-12)13-8-4-3-5-9-13/h3-11H,1-2H3. The van der Waals surface area contributed by atoms with Crippen molar-refractivity contribution in [2.45, 2.75) is 19.4 Å². The van der Waals surface area contributed by atoms with Crippen LogP contribution < -0.4 is 0 Å². The Balaban J connectivity index is 2.22. The van der Waals surface area contributed by atoms with Gasteiger partial charge in [0.1, 0.15) is 0 Å². The van der Waals surface area contributed by atoms with Crippen molar-refractivity contribution in [3.63, 3.8) is 0 Å². The summed E-state index contributed by atoms with van der Waals surface area (Å²) in [6.07, 6.45) is 0. The maximum atomic E-state index is 6.04. The van der Waals surface area contributed by atoms with E-state index in [0.29, 0.717) is 5.90 Å². The molecule has 18 heavy (non-hydrogen) atoms. The lowest BCUT2D eigenvalue weighted by Gasteiger charge is -2.35. The molecule has 2 heteroatoms. The molecule has 0 saturated carbocycles. The molecule has 3 rings (SSSR count). The zero-order chi connectivity index (χ0) is 12.6. The Morgan fingerprint density at radius 3 is 2.39 bits per heavy atom. The summed E-state index contributed by atoms with van der Waals surface area (Å²) in [5.74, 6) is 0.708. The summed E-state index contributed by atoms with van der Waals surface area (Å²) in [4.78, 5) is 4.46. The van der Waals surface area contributed by atoms with Crippen molar-refractivity contribution in [3.8, 4) is 0 Å². The third-order valence-corrected chi connectivity index (χ3v) is 3.37. The van der Waals surface area contributed by atoms with Crippen LogP contribution >= 0.6 is 0 Å². The van der Waals surface area contributed by atoms with Crippen LogP contribution in [0, 0.1) is 0 Å². The first-order valence-corrected chi connectivity index (χ1v) is 6.09. The largest absolute Gasteiger partial charge is 0.465 e. The molecule has 1 heterocycles. The first-order chi connectivity index (χ1) is 8.70. The quantitative estimate of drug-likeness (QED) is 0.733. The molecule has 0 saturated heterocycles. The molecule has 1 unspecified atom stereocenters. The van der Waals surface area contributed by atoms with Gasteiger partial charge in [0.2, 0.25) is 0 Å². The molecule has 0 N–H and O–H groups in total. The van der Waals surface area contributed by atoms with Crippen LogP contribution in [0.15, 0.2) is 59.6 Å². The van der Waals surface area contributed by atoms with Crippen LogP contribution in [-0.2, 0) is 10.3 Å². The maximum absolute atomic E-state index is 6.04. The lowest BCUT2D eigenvalue weighted by Crippen LogP contribution is -2.32.